The summed E-state index contributed by atoms with van der Waals surface area (Å²) in [4.78, 5) is 24.1. The summed E-state index contributed by atoms with van der Waals surface area (Å²) in [6.07, 6.45) is 4.60. The molecule has 0 aromatic heterocycles. The van der Waals surface area contributed by atoms with Crippen molar-refractivity contribution in [1.82, 2.24) is 5.32 Å². The molecule has 3 nitrogen and oxygen atoms in total. The quantitative estimate of drug-likeness (QED) is 0.850. The fraction of sp³-hybridized carbons (Fsp3) is 0.529. The van der Waals surface area contributed by atoms with E-state index in [0.29, 0.717) is 5.92 Å². The van der Waals surface area contributed by atoms with Crippen LogP contribution in [0.15, 0.2) is 18.2 Å². The van der Waals surface area contributed by atoms with Crippen molar-refractivity contribution < 1.29 is 14.0 Å². The third-order valence-corrected chi connectivity index (χ3v) is 4.95. The molecule has 1 aromatic rings. The molecule has 2 unspecified atom stereocenters. The van der Waals surface area contributed by atoms with Gasteiger partial charge in [0, 0.05) is 18.3 Å². The molecular weight excluding hydrogens is 269 g/mol. The van der Waals surface area contributed by atoms with Crippen molar-refractivity contribution >= 4 is 11.8 Å². The van der Waals surface area contributed by atoms with Gasteiger partial charge in [-0.15, -0.1) is 0 Å². The maximum Gasteiger partial charge on any atom is 0.230 e. The number of nitrogens with one attached hydrogen (secondary N) is 1. The third kappa shape index (κ3) is 2.71. The molecule has 0 radical (unpaired) electrons. The van der Waals surface area contributed by atoms with Gasteiger partial charge in [-0.25, -0.2) is 4.39 Å². The first-order chi connectivity index (χ1) is 10.1. The minimum Gasteiger partial charge on any atom is -0.296 e. The number of carbonyl (C=O) groups is 2. The first kappa shape index (κ1) is 14.2. The summed E-state index contributed by atoms with van der Waals surface area (Å²) in [6, 6.07) is 4.65. The van der Waals surface area contributed by atoms with Crippen LogP contribution in [0.5, 0.6) is 0 Å². The average Bonchev–Trinajstić information content (AvgIpc) is 2.94. The Morgan fingerprint density at radius 1 is 1.19 bits per heavy atom. The third-order valence-electron chi connectivity index (χ3n) is 4.95. The second kappa shape index (κ2) is 5.58. The van der Waals surface area contributed by atoms with E-state index in [0.717, 1.165) is 36.8 Å². The predicted molar refractivity (Wildman–Crippen MR) is 77.1 cm³/mol. The van der Waals surface area contributed by atoms with Crippen LogP contribution in [0.4, 0.5) is 4.39 Å². The van der Waals surface area contributed by atoms with Gasteiger partial charge in [0.2, 0.25) is 11.8 Å². The molecule has 1 aromatic carbocycles. The zero-order chi connectivity index (χ0) is 15.0. The Balaban J connectivity index is 2.00. The van der Waals surface area contributed by atoms with Crippen molar-refractivity contribution in [1.29, 1.82) is 0 Å². The second-order valence-corrected chi connectivity index (χ2v) is 6.29. The highest BCUT2D eigenvalue weighted by Crippen LogP contribution is 2.43. The molecule has 112 valence electrons. The standard InChI is InChI=1S/C17H20FNO2/c1-10-6-7-12(18)8-13(10)14-9-15(20)19-17(21)16(14)11-4-2-3-5-11/h6-8,11,14,16H,2-5,9H2,1H3,(H,19,20,21). The summed E-state index contributed by atoms with van der Waals surface area (Å²) in [6.45, 7) is 1.91. The molecule has 0 spiro atoms. The number of halogens is 1. The summed E-state index contributed by atoms with van der Waals surface area (Å²) in [5, 5.41) is 2.47. The number of hydrogen-bond acceptors (Lipinski definition) is 2. The minimum atomic E-state index is -0.306. The molecular formula is C17H20FNO2. The van der Waals surface area contributed by atoms with Gasteiger partial charge in [0.05, 0.1) is 0 Å². The fourth-order valence-electron chi connectivity index (χ4n) is 3.95. The number of rotatable bonds is 2. The minimum absolute atomic E-state index is 0.174. The predicted octanol–water partition coefficient (Wildman–Crippen LogP) is 3.07. The number of amides is 2. The van der Waals surface area contributed by atoms with Gasteiger partial charge in [0.1, 0.15) is 5.82 Å². The van der Waals surface area contributed by atoms with E-state index >= 15 is 0 Å². The monoisotopic (exact) mass is 289 g/mol. The van der Waals surface area contributed by atoms with Crippen LogP contribution in [-0.4, -0.2) is 11.8 Å². The first-order valence-corrected chi connectivity index (χ1v) is 7.66. The van der Waals surface area contributed by atoms with Crippen molar-refractivity contribution in [3.63, 3.8) is 0 Å². The molecule has 2 aliphatic rings. The zero-order valence-corrected chi connectivity index (χ0v) is 12.2. The van der Waals surface area contributed by atoms with Crippen molar-refractivity contribution in [3.8, 4) is 0 Å². The Labute approximate surface area is 123 Å². The smallest absolute Gasteiger partial charge is 0.230 e. The van der Waals surface area contributed by atoms with Gasteiger partial charge >= 0.3 is 0 Å². The van der Waals surface area contributed by atoms with Crippen molar-refractivity contribution in [3.05, 3.63) is 35.1 Å². The topological polar surface area (TPSA) is 46.2 Å². The molecule has 1 N–H and O–H groups in total. The Bertz CT molecular complexity index is 578. The summed E-state index contributed by atoms with van der Waals surface area (Å²) < 4.78 is 13.6. The van der Waals surface area contributed by atoms with E-state index in [4.69, 9.17) is 0 Å². The summed E-state index contributed by atoms with van der Waals surface area (Å²) in [5.41, 5.74) is 1.77. The van der Waals surface area contributed by atoms with Crippen LogP contribution in [0.3, 0.4) is 0 Å². The molecule has 3 rings (SSSR count). The molecule has 1 saturated heterocycles. The summed E-state index contributed by atoms with van der Waals surface area (Å²) in [7, 11) is 0. The summed E-state index contributed by atoms with van der Waals surface area (Å²) in [5.74, 6) is -0.810. The molecule has 1 aliphatic carbocycles. The Kier molecular flexibility index (Phi) is 3.79. The van der Waals surface area contributed by atoms with Gasteiger partial charge < -0.3 is 0 Å². The van der Waals surface area contributed by atoms with Crippen LogP contribution in [0.2, 0.25) is 0 Å². The van der Waals surface area contributed by atoms with Gasteiger partial charge in [-0.05, 0) is 48.9 Å². The van der Waals surface area contributed by atoms with Crippen LogP contribution < -0.4 is 5.32 Å². The molecule has 2 amide bonds. The normalized spacial score (nSPS) is 27.0. The van der Waals surface area contributed by atoms with E-state index in [1.165, 1.54) is 12.1 Å². The van der Waals surface area contributed by atoms with E-state index in [9.17, 15) is 14.0 Å². The van der Waals surface area contributed by atoms with Gasteiger partial charge in [0.15, 0.2) is 0 Å². The highest BCUT2D eigenvalue weighted by atomic mass is 19.1. The van der Waals surface area contributed by atoms with Crippen LogP contribution >= 0.6 is 0 Å². The summed E-state index contributed by atoms with van der Waals surface area (Å²) >= 11 is 0. The van der Waals surface area contributed by atoms with E-state index in [-0.39, 0.29) is 35.9 Å². The lowest BCUT2D eigenvalue weighted by atomic mass is 9.72. The molecule has 1 heterocycles. The zero-order valence-electron chi connectivity index (χ0n) is 12.2. The number of piperidine rings is 1. The molecule has 1 aliphatic heterocycles. The van der Waals surface area contributed by atoms with E-state index in [2.05, 4.69) is 5.32 Å². The lowest BCUT2D eigenvalue weighted by Gasteiger charge is -2.35. The number of aryl methyl sites for hydroxylation is 1. The molecule has 0 bridgehead atoms. The lowest BCUT2D eigenvalue weighted by Crippen LogP contribution is -2.47. The van der Waals surface area contributed by atoms with Crippen LogP contribution in [-0.2, 0) is 9.59 Å². The van der Waals surface area contributed by atoms with Gasteiger partial charge in [0.25, 0.3) is 0 Å². The SMILES string of the molecule is Cc1ccc(F)cc1C1CC(=O)NC(=O)C1C1CCCC1. The fourth-order valence-corrected chi connectivity index (χ4v) is 3.95. The Morgan fingerprint density at radius 3 is 2.62 bits per heavy atom. The van der Waals surface area contributed by atoms with Crippen molar-refractivity contribution in [2.75, 3.05) is 0 Å². The lowest BCUT2D eigenvalue weighted by molar-refractivity contribution is -0.138. The number of imide groups is 1. The Morgan fingerprint density at radius 2 is 1.90 bits per heavy atom. The second-order valence-electron chi connectivity index (χ2n) is 6.29. The highest BCUT2D eigenvalue weighted by Gasteiger charge is 2.42. The molecule has 2 fully saturated rings. The molecule has 21 heavy (non-hydrogen) atoms. The van der Waals surface area contributed by atoms with Crippen LogP contribution in [0, 0.1) is 24.6 Å². The van der Waals surface area contributed by atoms with E-state index in [1.807, 2.05) is 6.92 Å². The van der Waals surface area contributed by atoms with Gasteiger partial charge in [-0.3, -0.25) is 14.9 Å². The molecule has 1 saturated carbocycles. The van der Waals surface area contributed by atoms with Crippen LogP contribution in [0.25, 0.3) is 0 Å². The van der Waals surface area contributed by atoms with E-state index < -0.39 is 0 Å². The molecule has 4 heteroatoms. The Hall–Kier alpha value is -1.71. The number of hydrogen-bond donors (Lipinski definition) is 1. The highest BCUT2D eigenvalue weighted by molar-refractivity contribution is 6.00. The molecule has 2 atom stereocenters. The van der Waals surface area contributed by atoms with Gasteiger partial charge in [-0.2, -0.15) is 0 Å². The number of carbonyl (C=O) groups excluding carboxylic acids is 2. The maximum absolute atomic E-state index is 13.6. The van der Waals surface area contributed by atoms with Gasteiger partial charge in [-0.1, -0.05) is 18.9 Å². The van der Waals surface area contributed by atoms with Crippen molar-refractivity contribution in [2.24, 2.45) is 11.8 Å². The van der Waals surface area contributed by atoms with Crippen molar-refractivity contribution in [2.45, 2.75) is 44.9 Å². The largest absolute Gasteiger partial charge is 0.296 e. The first-order valence-electron chi connectivity index (χ1n) is 7.66. The van der Waals surface area contributed by atoms with Crippen LogP contribution in [0.1, 0.15) is 49.1 Å². The average molecular weight is 289 g/mol. The number of benzene rings is 1. The van der Waals surface area contributed by atoms with E-state index in [1.54, 1.807) is 6.07 Å². The maximum atomic E-state index is 13.6.